The van der Waals surface area contributed by atoms with Crippen LogP contribution in [0.1, 0.15) is 25.7 Å². The molecule has 0 spiro atoms. The summed E-state index contributed by atoms with van der Waals surface area (Å²) in [6.45, 7) is 0.797. The molecule has 1 heterocycles. The smallest absolute Gasteiger partial charge is 0.184 e. The summed E-state index contributed by atoms with van der Waals surface area (Å²) >= 11 is 7.22. The molecule has 0 aliphatic heterocycles. The standard InChI is InChI=1S/C10H15ClN2OS/c11-9-6-15-10(13-9)12-5-7-3-1-2-4-8(7)14/h6-8,14H,1-5H2,(H,12,13). The Morgan fingerprint density at radius 3 is 3.00 bits per heavy atom. The molecule has 0 bridgehead atoms. The first kappa shape index (κ1) is 11.2. The molecule has 3 nitrogen and oxygen atoms in total. The second-order valence-corrected chi connectivity index (χ2v) is 5.21. The van der Waals surface area contributed by atoms with Gasteiger partial charge in [0, 0.05) is 17.8 Å². The van der Waals surface area contributed by atoms with E-state index in [1.165, 1.54) is 17.8 Å². The van der Waals surface area contributed by atoms with Crippen LogP contribution >= 0.6 is 22.9 Å². The third-order valence-corrected chi connectivity index (χ3v) is 3.98. The van der Waals surface area contributed by atoms with E-state index in [1.54, 1.807) is 5.38 Å². The molecule has 2 rings (SSSR count). The number of nitrogens with one attached hydrogen (secondary N) is 1. The van der Waals surface area contributed by atoms with E-state index in [0.29, 0.717) is 11.1 Å². The largest absolute Gasteiger partial charge is 0.393 e. The van der Waals surface area contributed by atoms with Gasteiger partial charge in [-0.05, 0) is 12.8 Å². The minimum absolute atomic E-state index is 0.151. The predicted octanol–water partition coefficient (Wildman–Crippen LogP) is 2.76. The van der Waals surface area contributed by atoms with Crippen LogP contribution in [-0.2, 0) is 0 Å². The number of aliphatic hydroxyl groups excluding tert-OH is 1. The van der Waals surface area contributed by atoms with Crippen molar-refractivity contribution in [1.29, 1.82) is 0 Å². The number of anilines is 1. The van der Waals surface area contributed by atoms with Gasteiger partial charge in [0.1, 0.15) is 5.15 Å². The van der Waals surface area contributed by atoms with E-state index in [9.17, 15) is 5.11 Å². The normalized spacial score (nSPS) is 26.5. The van der Waals surface area contributed by atoms with Gasteiger partial charge >= 0.3 is 0 Å². The maximum Gasteiger partial charge on any atom is 0.184 e. The Hall–Kier alpha value is -0.320. The minimum atomic E-state index is -0.151. The van der Waals surface area contributed by atoms with Crippen LogP contribution in [0.25, 0.3) is 0 Å². The number of aliphatic hydroxyl groups is 1. The summed E-state index contributed by atoms with van der Waals surface area (Å²) in [5.41, 5.74) is 0. The molecule has 1 fully saturated rings. The minimum Gasteiger partial charge on any atom is -0.393 e. The van der Waals surface area contributed by atoms with Gasteiger partial charge in [0.2, 0.25) is 0 Å². The zero-order chi connectivity index (χ0) is 10.7. The molecule has 1 aromatic heterocycles. The van der Waals surface area contributed by atoms with Crippen molar-refractivity contribution in [2.24, 2.45) is 5.92 Å². The van der Waals surface area contributed by atoms with Crippen molar-refractivity contribution in [2.75, 3.05) is 11.9 Å². The van der Waals surface area contributed by atoms with E-state index >= 15 is 0 Å². The lowest BCUT2D eigenvalue weighted by molar-refractivity contribution is 0.0763. The maximum absolute atomic E-state index is 9.77. The average molecular weight is 247 g/mol. The predicted molar refractivity (Wildman–Crippen MR) is 63.6 cm³/mol. The van der Waals surface area contributed by atoms with E-state index in [2.05, 4.69) is 10.3 Å². The molecule has 0 aromatic carbocycles. The Bertz CT molecular complexity index is 318. The zero-order valence-electron chi connectivity index (χ0n) is 8.45. The molecule has 0 amide bonds. The third-order valence-electron chi connectivity index (χ3n) is 2.86. The highest BCUT2D eigenvalue weighted by molar-refractivity contribution is 7.14. The summed E-state index contributed by atoms with van der Waals surface area (Å²) in [6.07, 6.45) is 4.27. The second-order valence-electron chi connectivity index (χ2n) is 3.97. The molecule has 84 valence electrons. The van der Waals surface area contributed by atoms with Gasteiger partial charge in [-0.3, -0.25) is 0 Å². The highest BCUT2D eigenvalue weighted by Crippen LogP contribution is 2.25. The van der Waals surface area contributed by atoms with Gasteiger partial charge in [0.25, 0.3) is 0 Å². The van der Waals surface area contributed by atoms with Crippen LogP contribution in [0.2, 0.25) is 5.15 Å². The molecule has 0 radical (unpaired) electrons. The number of thiazole rings is 1. The summed E-state index contributed by atoms with van der Waals surface area (Å²) in [4.78, 5) is 4.11. The number of hydrogen-bond acceptors (Lipinski definition) is 4. The summed E-state index contributed by atoms with van der Waals surface area (Å²) in [7, 11) is 0. The first-order valence-corrected chi connectivity index (χ1v) is 6.54. The van der Waals surface area contributed by atoms with Gasteiger partial charge in [0.15, 0.2) is 5.13 Å². The van der Waals surface area contributed by atoms with Crippen LogP contribution in [0.15, 0.2) is 5.38 Å². The fourth-order valence-electron chi connectivity index (χ4n) is 1.98. The van der Waals surface area contributed by atoms with Crippen molar-refractivity contribution in [3.8, 4) is 0 Å². The van der Waals surface area contributed by atoms with E-state index in [1.807, 2.05) is 0 Å². The fraction of sp³-hybridized carbons (Fsp3) is 0.700. The first-order chi connectivity index (χ1) is 7.25. The summed E-state index contributed by atoms with van der Waals surface area (Å²) in [5, 5.41) is 16.2. The summed E-state index contributed by atoms with van der Waals surface area (Å²) in [5.74, 6) is 0.362. The lowest BCUT2D eigenvalue weighted by atomic mass is 9.86. The molecule has 0 saturated heterocycles. The van der Waals surface area contributed by atoms with Crippen LogP contribution in [0.4, 0.5) is 5.13 Å². The third kappa shape index (κ3) is 3.06. The van der Waals surface area contributed by atoms with Gasteiger partial charge < -0.3 is 10.4 Å². The molecule has 2 atom stereocenters. The molecular weight excluding hydrogens is 232 g/mol. The first-order valence-electron chi connectivity index (χ1n) is 5.28. The van der Waals surface area contributed by atoms with Gasteiger partial charge in [0.05, 0.1) is 6.10 Å². The van der Waals surface area contributed by atoms with Gasteiger partial charge in [-0.2, -0.15) is 0 Å². The maximum atomic E-state index is 9.77. The molecule has 5 heteroatoms. The lowest BCUT2D eigenvalue weighted by Gasteiger charge is -2.27. The van der Waals surface area contributed by atoms with Gasteiger partial charge in [-0.15, -0.1) is 11.3 Å². The van der Waals surface area contributed by atoms with Crippen molar-refractivity contribution >= 4 is 28.1 Å². The Morgan fingerprint density at radius 1 is 1.53 bits per heavy atom. The number of rotatable bonds is 3. The van der Waals surface area contributed by atoms with E-state index < -0.39 is 0 Å². The average Bonchev–Trinajstić information content (AvgIpc) is 2.63. The molecule has 2 N–H and O–H groups in total. The van der Waals surface area contributed by atoms with Crippen LogP contribution in [0.5, 0.6) is 0 Å². The Morgan fingerprint density at radius 2 is 2.33 bits per heavy atom. The van der Waals surface area contributed by atoms with Crippen molar-refractivity contribution in [3.63, 3.8) is 0 Å². The van der Waals surface area contributed by atoms with Crippen molar-refractivity contribution in [2.45, 2.75) is 31.8 Å². The molecule has 1 aromatic rings. The molecule has 1 saturated carbocycles. The van der Waals surface area contributed by atoms with Crippen molar-refractivity contribution in [3.05, 3.63) is 10.5 Å². The van der Waals surface area contributed by atoms with Gasteiger partial charge in [-0.1, -0.05) is 24.4 Å². The highest BCUT2D eigenvalue weighted by atomic mass is 35.5. The molecule has 2 unspecified atom stereocenters. The molecule has 1 aliphatic rings. The Balaban J connectivity index is 1.81. The van der Waals surface area contributed by atoms with Crippen LogP contribution in [0, 0.1) is 5.92 Å². The number of aromatic nitrogens is 1. The molecular formula is C10H15ClN2OS. The Kier molecular flexibility index (Phi) is 3.83. The van der Waals surface area contributed by atoms with Crippen molar-refractivity contribution in [1.82, 2.24) is 4.98 Å². The van der Waals surface area contributed by atoms with E-state index in [4.69, 9.17) is 11.6 Å². The van der Waals surface area contributed by atoms with Crippen LogP contribution in [-0.4, -0.2) is 22.7 Å². The number of halogens is 1. The Labute approximate surface area is 98.5 Å². The van der Waals surface area contributed by atoms with E-state index in [0.717, 1.165) is 30.9 Å². The second kappa shape index (κ2) is 5.14. The SMILES string of the molecule is OC1CCCCC1CNc1nc(Cl)cs1. The summed E-state index contributed by atoms with van der Waals surface area (Å²) in [6, 6.07) is 0. The fourth-order valence-corrected chi connectivity index (χ4v) is 2.83. The lowest BCUT2D eigenvalue weighted by Crippen LogP contribution is -2.30. The van der Waals surface area contributed by atoms with Crippen LogP contribution in [0.3, 0.4) is 0 Å². The van der Waals surface area contributed by atoms with E-state index in [-0.39, 0.29) is 6.10 Å². The summed E-state index contributed by atoms with van der Waals surface area (Å²) < 4.78 is 0. The highest BCUT2D eigenvalue weighted by Gasteiger charge is 2.22. The monoisotopic (exact) mass is 246 g/mol. The number of nitrogens with zero attached hydrogens (tertiary/aromatic N) is 1. The molecule has 15 heavy (non-hydrogen) atoms. The van der Waals surface area contributed by atoms with Gasteiger partial charge in [-0.25, -0.2) is 4.98 Å². The number of hydrogen-bond donors (Lipinski definition) is 2. The van der Waals surface area contributed by atoms with Crippen molar-refractivity contribution < 1.29 is 5.11 Å². The van der Waals surface area contributed by atoms with Crippen LogP contribution < -0.4 is 5.32 Å². The zero-order valence-corrected chi connectivity index (χ0v) is 10.0. The quantitative estimate of drug-likeness (QED) is 0.862. The topological polar surface area (TPSA) is 45.1 Å². The molecule has 1 aliphatic carbocycles.